The standard InChI is InChI=1S/C44H90O13/c1-8-9-10-11-12-13-14-15-16-17-18-19-21-51-33-39(2)53-35-41(4)55-37-43(6)57-38-44(7)56-36-42(5)54-34-40(3)52-32-31-50-30-29-49-28-27-48-26-25-47-24-23-46-22-20-45/h39-45H,8-38H2,1-7H3. The van der Waals surface area contributed by atoms with Crippen LogP contribution in [0.4, 0.5) is 0 Å². The van der Waals surface area contributed by atoms with Crippen LogP contribution < -0.4 is 0 Å². The van der Waals surface area contributed by atoms with Crippen LogP contribution >= 0.6 is 0 Å². The monoisotopic (exact) mass is 827 g/mol. The molecule has 0 saturated carbocycles. The van der Waals surface area contributed by atoms with Gasteiger partial charge in [-0.05, 0) is 48.0 Å². The Kier molecular flexibility index (Phi) is 44.6. The van der Waals surface area contributed by atoms with E-state index in [9.17, 15) is 0 Å². The number of ether oxygens (including phenoxy) is 12. The second kappa shape index (κ2) is 45.0. The molecule has 0 rings (SSSR count). The highest BCUT2D eigenvalue weighted by molar-refractivity contribution is 4.59. The second-order valence-corrected chi connectivity index (χ2v) is 15.2. The lowest BCUT2D eigenvalue weighted by Gasteiger charge is -2.22. The Morgan fingerprint density at radius 1 is 0.281 bits per heavy atom. The molecule has 0 fully saturated rings. The van der Waals surface area contributed by atoms with Gasteiger partial charge in [-0.15, -0.1) is 0 Å². The topological polar surface area (TPSA) is 131 Å². The van der Waals surface area contributed by atoms with Crippen LogP contribution in [0, 0.1) is 0 Å². The van der Waals surface area contributed by atoms with E-state index < -0.39 is 0 Å². The first-order chi connectivity index (χ1) is 27.8. The lowest BCUT2D eigenvalue weighted by atomic mass is 10.1. The Bertz CT molecular complexity index is 768. The van der Waals surface area contributed by atoms with Crippen molar-refractivity contribution in [1.82, 2.24) is 0 Å². The first-order valence-corrected chi connectivity index (χ1v) is 22.5. The molecule has 0 aromatic heterocycles. The SMILES string of the molecule is CCCCCCCCCCCCCCOCC(C)OCC(C)OCC(C)OCC(C)OCC(C)OCC(C)OCCOCCOCCOCCOCCOCCO. The largest absolute Gasteiger partial charge is 0.394 e. The molecule has 0 aromatic rings. The quantitative estimate of drug-likeness (QED) is 0.0621. The van der Waals surface area contributed by atoms with Gasteiger partial charge in [-0.2, -0.15) is 0 Å². The molecule has 344 valence electrons. The van der Waals surface area contributed by atoms with E-state index >= 15 is 0 Å². The molecule has 13 nitrogen and oxygen atoms in total. The van der Waals surface area contributed by atoms with E-state index in [1.54, 1.807) is 0 Å². The van der Waals surface area contributed by atoms with E-state index in [0.717, 1.165) is 13.0 Å². The van der Waals surface area contributed by atoms with E-state index in [0.29, 0.717) is 112 Å². The van der Waals surface area contributed by atoms with Gasteiger partial charge in [-0.25, -0.2) is 0 Å². The van der Waals surface area contributed by atoms with Gasteiger partial charge < -0.3 is 61.9 Å². The molecular formula is C44H90O13. The average molecular weight is 827 g/mol. The maximum Gasteiger partial charge on any atom is 0.0781 e. The molecule has 6 atom stereocenters. The third kappa shape index (κ3) is 44.9. The number of hydrogen-bond acceptors (Lipinski definition) is 13. The van der Waals surface area contributed by atoms with Gasteiger partial charge in [0.2, 0.25) is 0 Å². The zero-order valence-corrected chi connectivity index (χ0v) is 37.7. The predicted molar refractivity (Wildman–Crippen MR) is 226 cm³/mol. The molecule has 0 aromatic carbocycles. The Morgan fingerprint density at radius 3 is 0.912 bits per heavy atom. The summed E-state index contributed by atoms with van der Waals surface area (Å²) >= 11 is 0. The third-order valence-corrected chi connectivity index (χ3v) is 8.93. The molecule has 0 aliphatic rings. The van der Waals surface area contributed by atoms with Crippen molar-refractivity contribution in [2.75, 3.05) is 126 Å². The number of unbranched alkanes of at least 4 members (excludes halogenated alkanes) is 11. The summed E-state index contributed by atoms with van der Waals surface area (Å²) in [6.07, 6.45) is 16.0. The fourth-order valence-corrected chi connectivity index (χ4v) is 5.44. The smallest absolute Gasteiger partial charge is 0.0781 e. The summed E-state index contributed by atoms with van der Waals surface area (Å²) in [5, 5.41) is 8.62. The summed E-state index contributed by atoms with van der Waals surface area (Å²) in [7, 11) is 0. The molecule has 1 N–H and O–H groups in total. The van der Waals surface area contributed by atoms with Crippen LogP contribution in [0.3, 0.4) is 0 Å². The fraction of sp³-hybridized carbons (Fsp3) is 1.00. The van der Waals surface area contributed by atoms with E-state index in [2.05, 4.69) is 13.8 Å². The van der Waals surface area contributed by atoms with E-state index in [4.69, 9.17) is 61.9 Å². The molecule has 0 heterocycles. The minimum Gasteiger partial charge on any atom is -0.394 e. The van der Waals surface area contributed by atoms with Crippen molar-refractivity contribution in [3.8, 4) is 0 Å². The normalized spacial score (nSPS) is 15.2. The highest BCUT2D eigenvalue weighted by Crippen LogP contribution is 2.12. The Balaban J connectivity index is 3.58. The predicted octanol–water partition coefficient (Wildman–Crippen LogP) is 7.21. The Morgan fingerprint density at radius 2 is 0.561 bits per heavy atom. The third-order valence-electron chi connectivity index (χ3n) is 8.93. The van der Waals surface area contributed by atoms with Crippen molar-refractivity contribution in [2.24, 2.45) is 0 Å². The van der Waals surface area contributed by atoms with Gasteiger partial charge in [0.15, 0.2) is 0 Å². The maximum atomic E-state index is 8.62. The van der Waals surface area contributed by atoms with Gasteiger partial charge in [0.05, 0.1) is 156 Å². The number of aliphatic hydroxyl groups excluding tert-OH is 1. The van der Waals surface area contributed by atoms with E-state index in [1.165, 1.54) is 70.6 Å². The molecule has 0 saturated heterocycles. The number of rotatable bonds is 48. The van der Waals surface area contributed by atoms with E-state index in [-0.39, 0.29) is 43.2 Å². The maximum absolute atomic E-state index is 8.62. The molecule has 0 radical (unpaired) electrons. The van der Waals surface area contributed by atoms with Gasteiger partial charge in [0, 0.05) is 6.61 Å². The second-order valence-electron chi connectivity index (χ2n) is 15.2. The first-order valence-electron chi connectivity index (χ1n) is 22.5. The molecule has 57 heavy (non-hydrogen) atoms. The van der Waals surface area contributed by atoms with Gasteiger partial charge in [-0.3, -0.25) is 0 Å². The van der Waals surface area contributed by atoms with Gasteiger partial charge >= 0.3 is 0 Å². The molecular weight excluding hydrogens is 736 g/mol. The number of hydrogen-bond donors (Lipinski definition) is 1. The average Bonchev–Trinajstić information content (AvgIpc) is 3.20. The van der Waals surface area contributed by atoms with Crippen LogP contribution in [0.2, 0.25) is 0 Å². The summed E-state index contributed by atoms with van der Waals surface area (Å²) in [4.78, 5) is 0. The van der Waals surface area contributed by atoms with Gasteiger partial charge in [0.25, 0.3) is 0 Å². The molecule has 0 amide bonds. The molecule has 0 bridgehead atoms. The molecule has 0 aliphatic carbocycles. The van der Waals surface area contributed by atoms with Crippen LogP contribution in [0.1, 0.15) is 126 Å². The molecule has 6 unspecified atom stereocenters. The number of aliphatic hydroxyl groups is 1. The van der Waals surface area contributed by atoms with Crippen LogP contribution in [-0.2, 0) is 56.8 Å². The van der Waals surface area contributed by atoms with Crippen molar-refractivity contribution in [3.05, 3.63) is 0 Å². The fourth-order valence-electron chi connectivity index (χ4n) is 5.44. The van der Waals surface area contributed by atoms with Crippen LogP contribution in [0.25, 0.3) is 0 Å². The summed E-state index contributed by atoms with van der Waals surface area (Å²) in [5.41, 5.74) is 0. The highest BCUT2D eigenvalue weighted by Gasteiger charge is 2.14. The van der Waals surface area contributed by atoms with Crippen LogP contribution in [-0.4, -0.2) is 167 Å². The van der Waals surface area contributed by atoms with Crippen molar-refractivity contribution in [1.29, 1.82) is 0 Å². The molecule has 0 spiro atoms. The minimum absolute atomic E-state index is 0.0233. The van der Waals surface area contributed by atoms with Crippen LogP contribution in [0.15, 0.2) is 0 Å². The zero-order valence-electron chi connectivity index (χ0n) is 37.7. The lowest BCUT2D eigenvalue weighted by Crippen LogP contribution is -2.30. The molecule has 0 aliphatic heterocycles. The van der Waals surface area contributed by atoms with E-state index in [1.807, 2.05) is 34.6 Å². The van der Waals surface area contributed by atoms with Crippen molar-refractivity contribution in [3.63, 3.8) is 0 Å². The minimum atomic E-state index is -0.0656. The van der Waals surface area contributed by atoms with Crippen molar-refractivity contribution < 1.29 is 61.9 Å². The first kappa shape index (κ1) is 56.5. The summed E-state index contributed by atoms with van der Waals surface area (Å²) in [6, 6.07) is 0. The Hall–Kier alpha value is -0.520. The summed E-state index contributed by atoms with van der Waals surface area (Å²) in [6.45, 7) is 23.5. The molecule has 13 heteroatoms. The Labute approximate surface area is 349 Å². The van der Waals surface area contributed by atoms with Gasteiger partial charge in [-0.1, -0.05) is 77.6 Å². The van der Waals surface area contributed by atoms with Gasteiger partial charge in [0.1, 0.15) is 0 Å². The van der Waals surface area contributed by atoms with Crippen molar-refractivity contribution in [2.45, 2.75) is 162 Å². The summed E-state index contributed by atoms with van der Waals surface area (Å²) in [5.74, 6) is 0. The summed E-state index contributed by atoms with van der Waals surface area (Å²) < 4.78 is 68.3. The zero-order chi connectivity index (χ0) is 41.9. The van der Waals surface area contributed by atoms with Crippen molar-refractivity contribution >= 4 is 0 Å². The lowest BCUT2D eigenvalue weighted by molar-refractivity contribution is -0.105. The highest BCUT2D eigenvalue weighted by atomic mass is 16.6. The van der Waals surface area contributed by atoms with Crippen LogP contribution in [0.5, 0.6) is 0 Å².